The maximum atomic E-state index is 10.7. The average molecular weight is 401 g/mol. The fraction of sp³-hybridized carbons (Fsp3) is 0.480. The number of carboxylic acids is 1. The third kappa shape index (κ3) is 11.2. The Labute approximate surface area is 175 Å². The van der Waals surface area contributed by atoms with Crippen LogP contribution in [-0.2, 0) is 11.2 Å². The summed E-state index contributed by atoms with van der Waals surface area (Å²) in [6, 6.07) is 5.58. The van der Waals surface area contributed by atoms with Crippen molar-refractivity contribution >= 4 is 5.97 Å². The van der Waals surface area contributed by atoms with Crippen LogP contribution in [0.4, 0.5) is 0 Å². The Morgan fingerprint density at radius 1 is 0.931 bits per heavy atom. The van der Waals surface area contributed by atoms with Crippen molar-refractivity contribution in [3.8, 4) is 11.5 Å². The number of hydrogen-bond acceptors (Lipinski definition) is 3. The minimum absolute atomic E-state index is 0.105. The number of ether oxygens (including phenoxy) is 2. The third-order valence-corrected chi connectivity index (χ3v) is 4.65. The molecule has 1 rings (SSSR count). The molecule has 0 fully saturated rings. The first kappa shape index (κ1) is 24.5. The molecule has 0 atom stereocenters. The number of allylic oxidation sites excluding steroid dienone is 5. The molecular formula is C25H36O4. The molecule has 1 aromatic carbocycles. The van der Waals surface area contributed by atoms with Gasteiger partial charge in [-0.15, -0.1) is 0 Å². The molecule has 160 valence electrons. The Morgan fingerprint density at radius 3 is 2.21 bits per heavy atom. The van der Waals surface area contributed by atoms with Crippen molar-refractivity contribution in [3.05, 3.63) is 58.7 Å². The molecular weight excluding hydrogens is 364 g/mol. The molecule has 4 heteroatoms. The first-order valence-electron chi connectivity index (χ1n) is 10.3. The number of aryl methyl sites for hydroxylation is 1. The molecule has 0 spiro atoms. The van der Waals surface area contributed by atoms with Gasteiger partial charge in [0.25, 0.3) is 0 Å². The normalized spacial score (nSPS) is 11.9. The molecule has 29 heavy (non-hydrogen) atoms. The van der Waals surface area contributed by atoms with Crippen molar-refractivity contribution in [1.82, 2.24) is 0 Å². The summed E-state index contributed by atoms with van der Waals surface area (Å²) >= 11 is 0. The van der Waals surface area contributed by atoms with E-state index in [4.69, 9.17) is 14.6 Å². The van der Waals surface area contributed by atoms with Gasteiger partial charge in [0, 0.05) is 6.42 Å². The highest BCUT2D eigenvalue weighted by atomic mass is 16.5. The van der Waals surface area contributed by atoms with Crippen LogP contribution in [0.15, 0.2) is 53.1 Å². The van der Waals surface area contributed by atoms with Gasteiger partial charge in [0.2, 0.25) is 0 Å². The van der Waals surface area contributed by atoms with Crippen LogP contribution >= 0.6 is 0 Å². The standard InChI is InChI=1S/C25H36O4/c1-19(2)8-6-9-20(3)10-7-11-21(4)16-17-29-23-14-12-22(13-15-25(26)27)18-24(23)28-5/h8,10,12,14,16,18H,6-7,9,11,13,15,17H2,1-5H3,(H,26,27)/b20-10+,21-16+. The zero-order valence-electron chi connectivity index (χ0n) is 18.6. The highest BCUT2D eigenvalue weighted by Gasteiger charge is 2.07. The largest absolute Gasteiger partial charge is 0.493 e. The summed E-state index contributed by atoms with van der Waals surface area (Å²) in [6.07, 6.45) is 11.6. The van der Waals surface area contributed by atoms with E-state index in [1.54, 1.807) is 7.11 Å². The van der Waals surface area contributed by atoms with Gasteiger partial charge in [-0.3, -0.25) is 4.79 Å². The lowest BCUT2D eigenvalue weighted by Crippen LogP contribution is -2.00. The average Bonchev–Trinajstić information content (AvgIpc) is 2.66. The van der Waals surface area contributed by atoms with E-state index in [1.807, 2.05) is 18.2 Å². The number of rotatable bonds is 13. The molecule has 0 radical (unpaired) electrons. The lowest BCUT2D eigenvalue weighted by atomic mass is 10.1. The van der Waals surface area contributed by atoms with Crippen molar-refractivity contribution in [2.45, 2.75) is 66.2 Å². The van der Waals surface area contributed by atoms with Crippen LogP contribution in [0.25, 0.3) is 0 Å². The van der Waals surface area contributed by atoms with Crippen LogP contribution in [0, 0.1) is 0 Å². The summed E-state index contributed by atoms with van der Waals surface area (Å²) in [4.78, 5) is 10.7. The van der Waals surface area contributed by atoms with E-state index in [0.717, 1.165) is 31.2 Å². The Bertz CT molecular complexity index is 737. The molecule has 4 nitrogen and oxygen atoms in total. The van der Waals surface area contributed by atoms with Gasteiger partial charge in [0.05, 0.1) is 7.11 Å². The minimum atomic E-state index is -0.803. The lowest BCUT2D eigenvalue weighted by Gasteiger charge is -2.11. The van der Waals surface area contributed by atoms with Gasteiger partial charge in [-0.2, -0.15) is 0 Å². The fourth-order valence-corrected chi connectivity index (χ4v) is 2.85. The van der Waals surface area contributed by atoms with Crippen LogP contribution in [0.3, 0.4) is 0 Å². The minimum Gasteiger partial charge on any atom is -0.493 e. The second-order valence-electron chi connectivity index (χ2n) is 7.65. The highest BCUT2D eigenvalue weighted by molar-refractivity contribution is 5.67. The molecule has 0 aliphatic carbocycles. The van der Waals surface area contributed by atoms with Gasteiger partial charge < -0.3 is 14.6 Å². The predicted molar refractivity (Wildman–Crippen MR) is 120 cm³/mol. The molecule has 0 saturated heterocycles. The second kappa shape index (κ2) is 13.6. The molecule has 0 saturated carbocycles. The molecule has 0 aliphatic heterocycles. The Morgan fingerprint density at radius 2 is 1.59 bits per heavy atom. The number of carboxylic acid groups (broad SMARTS) is 1. The first-order chi connectivity index (χ1) is 13.8. The lowest BCUT2D eigenvalue weighted by molar-refractivity contribution is -0.136. The maximum absolute atomic E-state index is 10.7. The van der Waals surface area contributed by atoms with Gasteiger partial charge in [-0.25, -0.2) is 0 Å². The molecule has 1 aromatic rings. The van der Waals surface area contributed by atoms with Crippen LogP contribution in [0.1, 0.15) is 65.4 Å². The Balaban J connectivity index is 2.47. The predicted octanol–water partition coefficient (Wildman–Crippen LogP) is 6.51. The van der Waals surface area contributed by atoms with Gasteiger partial charge >= 0.3 is 5.97 Å². The van der Waals surface area contributed by atoms with E-state index in [2.05, 4.69) is 45.9 Å². The van der Waals surface area contributed by atoms with E-state index in [-0.39, 0.29) is 6.42 Å². The van der Waals surface area contributed by atoms with Crippen molar-refractivity contribution < 1.29 is 19.4 Å². The zero-order valence-corrected chi connectivity index (χ0v) is 18.6. The second-order valence-corrected chi connectivity index (χ2v) is 7.65. The van der Waals surface area contributed by atoms with Crippen LogP contribution < -0.4 is 9.47 Å². The molecule has 0 unspecified atom stereocenters. The number of methoxy groups -OCH3 is 1. The maximum Gasteiger partial charge on any atom is 0.303 e. The van der Waals surface area contributed by atoms with Gasteiger partial charge in [-0.1, -0.05) is 34.9 Å². The summed E-state index contributed by atoms with van der Waals surface area (Å²) in [7, 11) is 1.59. The molecule has 0 heterocycles. The number of carbonyl (C=O) groups is 1. The van der Waals surface area contributed by atoms with Crippen molar-refractivity contribution in [1.29, 1.82) is 0 Å². The smallest absolute Gasteiger partial charge is 0.303 e. The van der Waals surface area contributed by atoms with Crippen LogP contribution in [-0.4, -0.2) is 24.8 Å². The van der Waals surface area contributed by atoms with Gasteiger partial charge in [0.15, 0.2) is 11.5 Å². The monoisotopic (exact) mass is 400 g/mol. The highest BCUT2D eigenvalue weighted by Crippen LogP contribution is 2.28. The van der Waals surface area contributed by atoms with Crippen molar-refractivity contribution in [2.24, 2.45) is 0 Å². The molecule has 0 aromatic heterocycles. The summed E-state index contributed by atoms with van der Waals surface area (Å²) in [5, 5.41) is 8.81. The van der Waals surface area contributed by atoms with Crippen LogP contribution in [0.5, 0.6) is 11.5 Å². The van der Waals surface area contributed by atoms with E-state index in [1.165, 1.54) is 16.7 Å². The topological polar surface area (TPSA) is 55.8 Å². The number of aliphatic carboxylic acids is 1. The number of hydrogen-bond donors (Lipinski definition) is 1. The summed E-state index contributed by atoms with van der Waals surface area (Å²) in [5.41, 5.74) is 5.05. The quantitative estimate of drug-likeness (QED) is 0.383. The Kier molecular flexibility index (Phi) is 11.6. The summed E-state index contributed by atoms with van der Waals surface area (Å²) < 4.78 is 11.2. The fourth-order valence-electron chi connectivity index (χ4n) is 2.85. The molecule has 0 aliphatic rings. The van der Waals surface area contributed by atoms with Crippen molar-refractivity contribution in [2.75, 3.05) is 13.7 Å². The van der Waals surface area contributed by atoms with Crippen molar-refractivity contribution in [3.63, 3.8) is 0 Å². The zero-order chi connectivity index (χ0) is 21.6. The van der Waals surface area contributed by atoms with E-state index < -0.39 is 5.97 Å². The summed E-state index contributed by atoms with van der Waals surface area (Å²) in [5.74, 6) is 0.502. The van der Waals surface area contributed by atoms with E-state index >= 15 is 0 Å². The van der Waals surface area contributed by atoms with E-state index in [9.17, 15) is 4.79 Å². The van der Waals surface area contributed by atoms with Gasteiger partial charge in [-0.05, 0) is 83.6 Å². The third-order valence-electron chi connectivity index (χ3n) is 4.65. The molecule has 0 amide bonds. The van der Waals surface area contributed by atoms with Crippen LogP contribution in [0.2, 0.25) is 0 Å². The molecule has 1 N–H and O–H groups in total. The van der Waals surface area contributed by atoms with E-state index in [0.29, 0.717) is 24.5 Å². The SMILES string of the molecule is COc1cc(CCC(=O)O)ccc1OC/C=C(\C)CC/C=C(\C)CCC=C(C)C. The first-order valence-corrected chi connectivity index (χ1v) is 10.3. The summed E-state index contributed by atoms with van der Waals surface area (Å²) in [6.45, 7) is 9.09. The molecule has 0 bridgehead atoms. The Hall–Kier alpha value is -2.49. The van der Waals surface area contributed by atoms with Gasteiger partial charge in [0.1, 0.15) is 6.61 Å². The number of benzene rings is 1.